The minimum atomic E-state index is -1.10. The minimum Gasteiger partial charge on any atom is -0.478 e. The fraction of sp³-hybridized carbons (Fsp3) is 0.111. The van der Waals surface area contributed by atoms with E-state index in [-0.39, 0.29) is 11.3 Å². The Balaban J connectivity index is 3.50. The van der Waals surface area contributed by atoms with Gasteiger partial charge in [-0.2, -0.15) is 5.26 Å². The predicted molar refractivity (Wildman–Crippen MR) is 47.3 cm³/mol. The molecule has 0 spiro atoms. The van der Waals surface area contributed by atoms with Gasteiger partial charge in [0.1, 0.15) is 0 Å². The fourth-order valence-corrected chi connectivity index (χ4v) is 1.14. The lowest BCUT2D eigenvalue weighted by atomic mass is 10.0. The molecule has 0 radical (unpaired) electrons. The molecule has 13 heavy (non-hydrogen) atoms. The number of benzene rings is 1. The van der Waals surface area contributed by atoms with E-state index in [4.69, 9.17) is 16.1 Å². The number of aromatic carboxylic acids is 1. The Bertz CT molecular complexity index is 405. The quantitative estimate of drug-likeness (QED) is 0.628. The molecule has 0 aliphatic carbocycles. The third kappa shape index (κ3) is 1.44. The summed E-state index contributed by atoms with van der Waals surface area (Å²) in [6.07, 6.45) is 0. The van der Waals surface area contributed by atoms with E-state index in [2.05, 4.69) is 0 Å². The summed E-state index contributed by atoms with van der Waals surface area (Å²) in [5.41, 5.74) is 6.40. The smallest absolute Gasteiger partial charge is 0.338 e. The van der Waals surface area contributed by atoms with Crippen LogP contribution in [-0.2, 0) is 0 Å². The summed E-state index contributed by atoms with van der Waals surface area (Å²) in [5.74, 6) is -1.10. The van der Waals surface area contributed by atoms with Gasteiger partial charge >= 0.3 is 5.97 Å². The van der Waals surface area contributed by atoms with Crippen LogP contribution in [-0.4, -0.2) is 11.1 Å². The molecule has 66 valence electrons. The molecule has 0 bridgehead atoms. The van der Waals surface area contributed by atoms with Gasteiger partial charge in [-0.05, 0) is 24.6 Å². The Labute approximate surface area is 75.2 Å². The molecule has 0 atom stereocenters. The van der Waals surface area contributed by atoms with Crippen LogP contribution in [0.15, 0.2) is 12.1 Å². The number of anilines is 1. The number of nitrogens with two attached hydrogens (primary N) is 1. The molecule has 0 saturated carbocycles. The van der Waals surface area contributed by atoms with Gasteiger partial charge in [-0.3, -0.25) is 0 Å². The third-order valence-corrected chi connectivity index (χ3v) is 1.83. The van der Waals surface area contributed by atoms with E-state index in [1.54, 1.807) is 6.92 Å². The van der Waals surface area contributed by atoms with Gasteiger partial charge in [0.2, 0.25) is 0 Å². The van der Waals surface area contributed by atoms with Crippen molar-refractivity contribution < 1.29 is 9.90 Å². The maximum Gasteiger partial charge on any atom is 0.338 e. The zero-order valence-electron chi connectivity index (χ0n) is 7.03. The molecule has 0 fully saturated rings. The highest BCUT2D eigenvalue weighted by molar-refractivity contribution is 5.95. The Morgan fingerprint density at radius 2 is 2.23 bits per heavy atom. The zero-order valence-corrected chi connectivity index (χ0v) is 7.03. The van der Waals surface area contributed by atoms with Gasteiger partial charge in [0.05, 0.1) is 17.2 Å². The number of nitrogen functional groups attached to an aromatic ring is 1. The van der Waals surface area contributed by atoms with E-state index in [0.29, 0.717) is 11.1 Å². The first-order valence-corrected chi connectivity index (χ1v) is 3.60. The lowest BCUT2D eigenvalue weighted by Gasteiger charge is -2.05. The van der Waals surface area contributed by atoms with E-state index in [9.17, 15) is 4.79 Å². The number of carboxylic acid groups (broad SMARTS) is 1. The van der Waals surface area contributed by atoms with Gasteiger partial charge in [-0.15, -0.1) is 0 Å². The van der Waals surface area contributed by atoms with Crippen LogP contribution < -0.4 is 5.73 Å². The van der Waals surface area contributed by atoms with Crippen LogP contribution in [0.3, 0.4) is 0 Å². The van der Waals surface area contributed by atoms with Crippen molar-refractivity contribution in [1.29, 1.82) is 5.26 Å². The molecular formula is C9H8N2O2. The van der Waals surface area contributed by atoms with Gasteiger partial charge < -0.3 is 10.8 Å². The van der Waals surface area contributed by atoms with Crippen LogP contribution in [0.5, 0.6) is 0 Å². The summed E-state index contributed by atoms with van der Waals surface area (Å²) in [5, 5.41) is 17.4. The van der Waals surface area contributed by atoms with Crippen LogP contribution in [0.4, 0.5) is 5.69 Å². The second-order valence-electron chi connectivity index (χ2n) is 2.62. The number of rotatable bonds is 1. The summed E-state index contributed by atoms with van der Waals surface area (Å²) in [6, 6.07) is 4.84. The predicted octanol–water partition coefficient (Wildman–Crippen LogP) is 1.15. The first kappa shape index (κ1) is 9.07. The number of nitrogens with zero attached hydrogens (tertiary/aromatic N) is 1. The van der Waals surface area contributed by atoms with Crippen molar-refractivity contribution in [1.82, 2.24) is 0 Å². The molecule has 0 aliphatic rings. The van der Waals surface area contributed by atoms with Crippen LogP contribution >= 0.6 is 0 Å². The number of carboxylic acids is 1. The molecule has 0 unspecified atom stereocenters. The third-order valence-electron chi connectivity index (χ3n) is 1.83. The Kier molecular flexibility index (Phi) is 2.20. The van der Waals surface area contributed by atoms with Crippen molar-refractivity contribution >= 4 is 11.7 Å². The van der Waals surface area contributed by atoms with Crippen LogP contribution in [0.25, 0.3) is 0 Å². The second-order valence-corrected chi connectivity index (χ2v) is 2.62. The molecule has 0 aliphatic heterocycles. The zero-order chi connectivity index (χ0) is 10.0. The Morgan fingerprint density at radius 1 is 1.62 bits per heavy atom. The number of nitriles is 1. The van der Waals surface area contributed by atoms with E-state index >= 15 is 0 Å². The largest absolute Gasteiger partial charge is 0.478 e. The number of carbonyl (C=O) groups is 1. The molecule has 0 heterocycles. The molecule has 4 heteroatoms. The molecule has 4 nitrogen and oxygen atoms in total. The van der Waals surface area contributed by atoms with Gasteiger partial charge in [0.15, 0.2) is 0 Å². The standard InChI is InChI=1S/C9H8N2O2/c1-5-6(4-10)2-3-7(11)8(5)9(12)13/h2-3H,11H2,1H3,(H,12,13). The maximum absolute atomic E-state index is 10.7. The molecule has 1 aromatic carbocycles. The van der Waals surface area contributed by atoms with E-state index in [0.717, 1.165) is 0 Å². The molecule has 0 saturated heterocycles. The van der Waals surface area contributed by atoms with Crippen molar-refractivity contribution in [2.45, 2.75) is 6.92 Å². The molecule has 0 amide bonds. The summed E-state index contributed by atoms with van der Waals surface area (Å²) in [6.45, 7) is 1.57. The van der Waals surface area contributed by atoms with Gasteiger partial charge in [0.25, 0.3) is 0 Å². The summed E-state index contributed by atoms with van der Waals surface area (Å²) in [7, 11) is 0. The molecular weight excluding hydrogens is 168 g/mol. The van der Waals surface area contributed by atoms with Gasteiger partial charge in [-0.1, -0.05) is 0 Å². The lowest BCUT2D eigenvalue weighted by Crippen LogP contribution is -2.06. The summed E-state index contributed by atoms with van der Waals surface area (Å²) < 4.78 is 0. The average Bonchev–Trinajstić information content (AvgIpc) is 2.04. The van der Waals surface area contributed by atoms with E-state index in [1.807, 2.05) is 6.07 Å². The first-order chi connectivity index (χ1) is 6.07. The highest BCUT2D eigenvalue weighted by Crippen LogP contribution is 2.19. The SMILES string of the molecule is Cc1c(C#N)ccc(N)c1C(=O)O. The maximum atomic E-state index is 10.7. The van der Waals surface area contributed by atoms with Crippen LogP contribution in [0, 0.1) is 18.3 Å². The number of hydrogen-bond acceptors (Lipinski definition) is 3. The fourth-order valence-electron chi connectivity index (χ4n) is 1.14. The lowest BCUT2D eigenvalue weighted by molar-refractivity contribution is 0.0697. The van der Waals surface area contributed by atoms with Crippen molar-refractivity contribution in [3.05, 3.63) is 28.8 Å². The highest BCUT2D eigenvalue weighted by Gasteiger charge is 2.13. The first-order valence-electron chi connectivity index (χ1n) is 3.60. The van der Waals surface area contributed by atoms with Crippen LogP contribution in [0.1, 0.15) is 21.5 Å². The average molecular weight is 176 g/mol. The Hall–Kier alpha value is -2.02. The van der Waals surface area contributed by atoms with Crippen molar-refractivity contribution in [3.63, 3.8) is 0 Å². The summed E-state index contributed by atoms with van der Waals surface area (Å²) in [4.78, 5) is 10.7. The van der Waals surface area contributed by atoms with Gasteiger partial charge in [-0.25, -0.2) is 4.79 Å². The normalized spacial score (nSPS) is 9.23. The molecule has 3 N–H and O–H groups in total. The van der Waals surface area contributed by atoms with Crippen molar-refractivity contribution in [2.24, 2.45) is 0 Å². The van der Waals surface area contributed by atoms with E-state index in [1.165, 1.54) is 12.1 Å². The summed E-state index contributed by atoms with van der Waals surface area (Å²) >= 11 is 0. The molecule has 0 aromatic heterocycles. The Morgan fingerprint density at radius 3 is 2.69 bits per heavy atom. The van der Waals surface area contributed by atoms with Crippen LogP contribution in [0.2, 0.25) is 0 Å². The van der Waals surface area contributed by atoms with Crippen molar-refractivity contribution in [2.75, 3.05) is 5.73 Å². The highest BCUT2D eigenvalue weighted by atomic mass is 16.4. The molecule has 1 aromatic rings. The molecule has 1 rings (SSSR count). The minimum absolute atomic E-state index is 0.0130. The topological polar surface area (TPSA) is 87.1 Å². The second kappa shape index (κ2) is 3.15. The number of hydrogen-bond donors (Lipinski definition) is 2. The van der Waals surface area contributed by atoms with Crippen molar-refractivity contribution in [3.8, 4) is 6.07 Å². The van der Waals surface area contributed by atoms with Gasteiger partial charge in [0, 0.05) is 5.69 Å². The monoisotopic (exact) mass is 176 g/mol. The van der Waals surface area contributed by atoms with E-state index < -0.39 is 5.97 Å².